The maximum absolute atomic E-state index is 10.3. The first kappa shape index (κ1) is 20.1. The molecule has 0 bridgehead atoms. The van der Waals surface area contributed by atoms with Gasteiger partial charge in [-0.25, -0.2) is 0 Å². The van der Waals surface area contributed by atoms with Crippen molar-refractivity contribution in [1.82, 2.24) is 20.1 Å². The van der Waals surface area contributed by atoms with Crippen molar-refractivity contribution in [3.8, 4) is 5.75 Å². The molecular formula is C19H28N4O3S. The summed E-state index contributed by atoms with van der Waals surface area (Å²) in [6.07, 6.45) is 4.34. The summed E-state index contributed by atoms with van der Waals surface area (Å²) in [6.45, 7) is 1.33. The van der Waals surface area contributed by atoms with Gasteiger partial charge >= 0.3 is 0 Å². The van der Waals surface area contributed by atoms with Gasteiger partial charge in [-0.3, -0.25) is 0 Å². The fraction of sp³-hybridized carbons (Fsp3) is 0.579. The predicted octanol–water partition coefficient (Wildman–Crippen LogP) is 1.42. The summed E-state index contributed by atoms with van der Waals surface area (Å²) in [7, 11) is 1.93. The van der Waals surface area contributed by atoms with Crippen LogP contribution in [0, 0.1) is 5.92 Å². The van der Waals surface area contributed by atoms with Crippen molar-refractivity contribution in [2.24, 2.45) is 13.0 Å². The molecule has 1 aliphatic carbocycles. The van der Waals surface area contributed by atoms with Crippen molar-refractivity contribution in [2.75, 3.05) is 26.0 Å². The number of aromatic nitrogens is 3. The number of thioether (sulfide) groups is 1. The van der Waals surface area contributed by atoms with Gasteiger partial charge in [0.1, 0.15) is 30.6 Å². The number of aryl methyl sites for hydroxylation is 1. The smallest absolute Gasteiger partial charge is 0.135 e. The molecule has 3 rings (SSSR count). The fourth-order valence-corrected chi connectivity index (χ4v) is 3.96. The summed E-state index contributed by atoms with van der Waals surface area (Å²) >= 11 is 1.68. The molecule has 1 saturated carbocycles. The van der Waals surface area contributed by atoms with Gasteiger partial charge in [0, 0.05) is 31.0 Å². The van der Waals surface area contributed by atoms with Gasteiger partial charge in [-0.15, -0.1) is 22.0 Å². The first-order valence-corrected chi connectivity index (χ1v) is 10.5. The van der Waals surface area contributed by atoms with Gasteiger partial charge in [0.25, 0.3) is 0 Å². The summed E-state index contributed by atoms with van der Waals surface area (Å²) in [5.74, 6) is 2.07. The lowest BCUT2D eigenvalue weighted by Gasteiger charge is -2.17. The van der Waals surface area contributed by atoms with Crippen LogP contribution in [0.5, 0.6) is 5.75 Å². The summed E-state index contributed by atoms with van der Waals surface area (Å²) in [6, 6.07) is 7.82. The number of nitrogens with zero attached hydrogens (tertiary/aromatic N) is 3. The monoisotopic (exact) mass is 392 g/mol. The van der Waals surface area contributed by atoms with Gasteiger partial charge < -0.3 is 24.8 Å². The Labute approximate surface area is 164 Å². The Morgan fingerprint density at radius 1 is 1.33 bits per heavy atom. The number of hydrogen-bond acceptors (Lipinski definition) is 7. The molecule has 0 radical (unpaired) electrons. The Morgan fingerprint density at radius 3 is 2.78 bits per heavy atom. The maximum atomic E-state index is 10.3. The zero-order valence-electron chi connectivity index (χ0n) is 15.8. The van der Waals surface area contributed by atoms with Crippen molar-refractivity contribution in [1.29, 1.82) is 0 Å². The highest BCUT2D eigenvalue weighted by molar-refractivity contribution is 7.98. The molecule has 3 N–H and O–H groups in total. The second-order valence-electron chi connectivity index (χ2n) is 7.09. The Morgan fingerprint density at radius 2 is 2.11 bits per heavy atom. The van der Waals surface area contributed by atoms with E-state index >= 15 is 0 Å². The summed E-state index contributed by atoms with van der Waals surface area (Å²) in [5, 5.41) is 31.8. The molecule has 1 heterocycles. The predicted molar refractivity (Wildman–Crippen MR) is 105 cm³/mol. The number of ether oxygens (including phenoxy) is 1. The third kappa shape index (κ3) is 5.44. The molecule has 8 heteroatoms. The molecule has 2 aromatic rings. The molecule has 1 aromatic heterocycles. The average molecular weight is 393 g/mol. The topological polar surface area (TPSA) is 92.4 Å². The van der Waals surface area contributed by atoms with Crippen molar-refractivity contribution < 1.29 is 14.9 Å². The van der Waals surface area contributed by atoms with Crippen LogP contribution in [0.4, 0.5) is 0 Å². The summed E-state index contributed by atoms with van der Waals surface area (Å²) < 4.78 is 7.54. The van der Waals surface area contributed by atoms with Crippen LogP contribution in [0.1, 0.15) is 24.6 Å². The normalized spacial score (nSPS) is 23.5. The van der Waals surface area contributed by atoms with E-state index in [-0.39, 0.29) is 24.5 Å². The average Bonchev–Trinajstić information content (AvgIpc) is 3.26. The lowest BCUT2D eigenvalue weighted by atomic mass is 10.0. The zero-order chi connectivity index (χ0) is 19.2. The second kappa shape index (κ2) is 9.54. The van der Waals surface area contributed by atoms with Gasteiger partial charge in [0.05, 0.1) is 6.10 Å². The van der Waals surface area contributed by atoms with E-state index < -0.39 is 6.10 Å². The van der Waals surface area contributed by atoms with Gasteiger partial charge in [0.15, 0.2) is 0 Å². The summed E-state index contributed by atoms with van der Waals surface area (Å²) in [5.41, 5.74) is 0. The number of benzene rings is 1. The quantitative estimate of drug-likeness (QED) is 0.556. The van der Waals surface area contributed by atoms with Crippen LogP contribution in [0.15, 0.2) is 35.5 Å². The largest absolute Gasteiger partial charge is 0.491 e. The van der Waals surface area contributed by atoms with Gasteiger partial charge in [0.2, 0.25) is 0 Å². The summed E-state index contributed by atoms with van der Waals surface area (Å²) in [4.78, 5) is 1.18. The fourth-order valence-electron chi connectivity index (χ4n) is 3.55. The van der Waals surface area contributed by atoms with E-state index in [9.17, 15) is 10.2 Å². The molecule has 0 amide bonds. The number of aliphatic hydroxyl groups excluding tert-OH is 2. The molecule has 4 atom stereocenters. The number of rotatable bonds is 9. The highest BCUT2D eigenvalue weighted by Gasteiger charge is 2.35. The Hall–Kier alpha value is -1.61. The highest BCUT2D eigenvalue weighted by Crippen LogP contribution is 2.37. The first-order valence-electron chi connectivity index (χ1n) is 9.24. The SMILES string of the molecule is CSc1ccc(OCC(O)CNC[C@@H]2C[C@@H](c3nncn3C)C[C@@H]2O)cc1. The van der Waals surface area contributed by atoms with Crippen LogP contribution in [0.3, 0.4) is 0 Å². The molecule has 1 aromatic carbocycles. The van der Waals surface area contributed by atoms with Gasteiger partial charge in [-0.2, -0.15) is 0 Å². The zero-order valence-corrected chi connectivity index (χ0v) is 16.6. The van der Waals surface area contributed by atoms with E-state index in [1.54, 1.807) is 18.1 Å². The van der Waals surface area contributed by atoms with E-state index in [1.807, 2.05) is 42.1 Å². The minimum Gasteiger partial charge on any atom is -0.491 e. The molecule has 0 saturated heterocycles. The van der Waals surface area contributed by atoms with Crippen LogP contribution in [0.2, 0.25) is 0 Å². The van der Waals surface area contributed by atoms with Crippen molar-refractivity contribution >= 4 is 11.8 Å². The maximum Gasteiger partial charge on any atom is 0.135 e. The molecule has 1 aliphatic rings. The van der Waals surface area contributed by atoms with Crippen molar-refractivity contribution in [3.63, 3.8) is 0 Å². The second-order valence-corrected chi connectivity index (χ2v) is 7.97. The van der Waals surface area contributed by atoms with E-state index in [4.69, 9.17) is 4.74 Å². The Bertz CT molecular complexity index is 709. The minimum atomic E-state index is -0.599. The molecule has 0 spiro atoms. The van der Waals surface area contributed by atoms with Crippen LogP contribution in [0.25, 0.3) is 0 Å². The van der Waals surface area contributed by atoms with Crippen LogP contribution >= 0.6 is 11.8 Å². The lowest BCUT2D eigenvalue weighted by molar-refractivity contribution is 0.0980. The molecule has 0 aliphatic heterocycles. The third-order valence-electron chi connectivity index (χ3n) is 5.06. The third-order valence-corrected chi connectivity index (χ3v) is 5.80. The minimum absolute atomic E-state index is 0.152. The Kier molecular flexibility index (Phi) is 7.12. The van der Waals surface area contributed by atoms with Crippen molar-refractivity contribution in [2.45, 2.75) is 35.9 Å². The van der Waals surface area contributed by atoms with E-state index in [2.05, 4.69) is 15.5 Å². The highest BCUT2D eigenvalue weighted by atomic mass is 32.2. The van der Waals surface area contributed by atoms with E-state index in [1.165, 1.54) is 4.90 Å². The van der Waals surface area contributed by atoms with Crippen LogP contribution in [-0.2, 0) is 7.05 Å². The first-order chi connectivity index (χ1) is 13.1. The molecule has 7 nitrogen and oxygen atoms in total. The van der Waals surface area contributed by atoms with Gasteiger partial charge in [-0.05, 0) is 49.3 Å². The van der Waals surface area contributed by atoms with Crippen LogP contribution < -0.4 is 10.1 Å². The van der Waals surface area contributed by atoms with Gasteiger partial charge in [-0.1, -0.05) is 0 Å². The van der Waals surface area contributed by atoms with Crippen molar-refractivity contribution in [3.05, 3.63) is 36.4 Å². The number of nitrogens with one attached hydrogen (secondary N) is 1. The Balaban J connectivity index is 1.37. The standard InChI is InChI=1S/C19H28N4O3S/c1-23-12-21-22-19(23)13-7-14(18(25)8-13)9-20-10-15(24)11-26-16-3-5-17(27-2)6-4-16/h3-6,12-15,18,20,24-25H,7-11H2,1-2H3/t13-,14+,15?,18+/m1/s1. The number of aliphatic hydroxyl groups is 2. The molecule has 27 heavy (non-hydrogen) atoms. The van der Waals surface area contributed by atoms with E-state index in [0.717, 1.165) is 18.0 Å². The molecular weight excluding hydrogens is 364 g/mol. The lowest BCUT2D eigenvalue weighted by Crippen LogP contribution is -2.36. The van der Waals surface area contributed by atoms with Crippen LogP contribution in [-0.4, -0.2) is 63.1 Å². The molecule has 148 valence electrons. The number of hydrogen-bond donors (Lipinski definition) is 3. The molecule has 1 unspecified atom stereocenters. The van der Waals surface area contributed by atoms with E-state index in [0.29, 0.717) is 19.5 Å². The molecule has 1 fully saturated rings.